The molecule has 1 atom stereocenters. The maximum absolute atomic E-state index is 13.0. The SMILES string of the molecule is CCN(C(=O)c1cc(C)cc(C)c1)C(OC(C)=O)c1ccncc1. The van der Waals surface area contributed by atoms with E-state index in [1.54, 1.807) is 29.4 Å². The van der Waals surface area contributed by atoms with Gasteiger partial charge in [-0.05, 0) is 45.0 Å². The zero-order chi connectivity index (χ0) is 17.7. The maximum atomic E-state index is 13.0. The quantitative estimate of drug-likeness (QED) is 0.624. The third kappa shape index (κ3) is 4.19. The minimum Gasteiger partial charge on any atom is -0.437 e. The Bertz CT molecular complexity index is 708. The molecule has 0 radical (unpaired) electrons. The van der Waals surface area contributed by atoms with Gasteiger partial charge in [0, 0.05) is 37.0 Å². The highest BCUT2D eigenvalue weighted by Gasteiger charge is 2.27. The highest BCUT2D eigenvalue weighted by atomic mass is 16.6. The summed E-state index contributed by atoms with van der Waals surface area (Å²) in [7, 11) is 0. The van der Waals surface area contributed by atoms with Gasteiger partial charge in [-0.15, -0.1) is 0 Å². The molecule has 1 aromatic heterocycles. The number of amides is 1. The Labute approximate surface area is 142 Å². The number of aryl methyl sites for hydroxylation is 2. The largest absolute Gasteiger partial charge is 0.437 e. The van der Waals surface area contributed by atoms with E-state index in [1.165, 1.54) is 6.92 Å². The lowest BCUT2D eigenvalue weighted by Gasteiger charge is -2.30. The Kier molecular flexibility index (Phi) is 5.68. The molecule has 0 N–H and O–H groups in total. The van der Waals surface area contributed by atoms with Crippen molar-refractivity contribution in [2.75, 3.05) is 6.54 Å². The molecule has 0 saturated heterocycles. The lowest BCUT2D eigenvalue weighted by Crippen LogP contribution is -2.37. The number of carbonyl (C=O) groups excluding carboxylic acids is 2. The smallest absolute Gasteiger partial charge is 0.304 e. The van der Waals surface area contributed by atoms with Crippen molar-refractivity contribution in [3.8, 4) is 0 Å². The summed E-state index contributed by atoms with van der Waals surface area (Å²) >= 11 is 0. The van der Waals surface area contributed by atoms with E-state index in [0.29, 0.717) is 17.7 Å². The Morgan fingerprint density at radius 2 is 1.71 bits per heavy atom. The number of hydrogen-bond acceptors (Lipinski definition) is 4. The highest BCUT2D eigenvalue weighted by molar-refractivity contribution is 5.95. The molecule has 0 saturated carbocycles. The van der Waals surface area contributed by atoms with Crippen molar-refractivity contribution in [3.05, 3.63) is 65.0 Å². The lowest BCUT2D eigenvalue weighted by molar-refractivity contribution is -0.154. The second-order valence-electron chi connectivity index (χ2n) is 5.71. The van der Waals surface area contributed by atoms with Crippen LogP contribution in [-0.2, 0) is 9.53 Å². The molecule has 1 unspecified atom stereocenters. The van der Waals surface area contributed by atoms with Crippen molar-refractivity contribution in [2.45, 2.75) is 33.9 Å². The summed E-state index contributed by atoms with van der Waals surface area (Å²) in [6, 6.07) is 9.18. The van der Waals surface area contributed by atoms with Gasteiger partial charge in [0.1, 0.15) is 0 Å². The van der Waals surface area contributed by atoms with Gasteiger partial charge in [-0.3, -0.25) is 19.5 Å². The Hall–Kier alpha value is -2.69. The van der Waals surface area contributed by atoms with Gasteiger partial charge >= 0.3 is 5.97 Å². The fourth-order valence-corrected chi connectivity index (χ4v) is 2.68. The molecule has 1 amide bonds. The van der Waals surface area contributed by atoms with Crippen LogP contribution in [-0.4, -0.2) is 28.3 Å². The predicted octanol–water partition coefficient (Wildman–Crippen LogP) is 3.42. The monoisotopic (exact) mass is 326 g/mol. The molecule has 0 spiro atoms. The molecule has 0 aliphatic rings. The number of rotatable bonds is 5. The summed E-state index contributed by atoms with van der Waals surface area (Å²) in [5.41, 5.74) is 3.32. The average Bonchev–Trinajstić information content (AvgIpc) is 2.54. The van der Waals surface area contributed by atoms with Crippen LogP contribution in [0.4, 0.5) is 0 Å². The number of aromatic nitrogens is 1. The van der Waals surface area contributed by atoms with Crippen LogP contribution in [0.2, 0.25) is 0 Å². The molecule has 2 aromatic rings. The number of pyridine rings is 1. The van der Waals surface area contributed by atoms with E-state index < -0.39 is 12.2 Å². The normalized spacial score (nSPS) is 11.7. The first-order valence-corrected chi connectivity index (χ1v) is 7.88. The van der Waals surface area contributed by atoms with E-state index >= 15 is 0 Å². The van der Waals surface area contributed by atoms with Crippen LogP contribution in [0.15, 0.2) is 42.7 Å². The van der Waals surface area contributed by atoms with E-state index in [9.17, 15) is 9.59 Å². The summed E-state index contributed by atoms with van der Waals surface area (Å²) in [5.74, 6) is -0.615. The fraction of sp³-hybridized carbons (Fsp3) is 0.316. The van der Waals surface area contributed by atoms with Crippen LogP contribution in [0.3, 0.4) is 0 Å². The standard InChI is InChI=1S/C19H22N2O3/c1-5-21(18(23)17-11-13(2)10-14(3)12-17)19(24-15(4)22)16-6-8-20-9-7-16/h6-12,19H,5H2,1-4H3. The number of carbonyl (C=O) groups is 2. The molecular formula is C19H22N2O3. The van der Waals surface area contributed by atoms with Crippen LogP contribution in [0, 0.1) is 13.8 Å². The summed E-state index contributed by atoms with van der Waals surface area (Å²) in [6.45, 7) is 7.51. The van der Waals surface area contributed by atoms with Gasteiger partial charge in [-0.25, -0.2) is 0 Å². The van der Waals surface area contributed by atoms with Crippen LogP contribution in [0.5, 0.6) is 0 Å². The molecule has 24 heavy (non-hydrogen) atoms. The number of hydrogen-bond donors (Lipinski definition) is 0. The van der Waals surface area contributed by atoms with Crippen molar-refractivity contribution in [3.63, 3.8) is 0 Å². The van der Waals surface area contributed by atoms with E-state index in [1.807, 2.05) is 39.0 Å². The van der Waals surface area contributed by atoms with Gasteiger partial charge in [-0.1, -0.05) is 17.2 Å². The third-order valence-electron chi connectivity index (χ3n) is 3.62. The molecular weight excluding hydrogens is 304 g/mol. The molecule has 5 nitrogen and oxygen atoms in total. The number of nitrogens with zero attached hydrogens (tertiary/aromatic N) is 2. The van der Waals surface area contributed by atoms with Crippen molar-refractivity contribution in [1.82, 2.24) is 9.88 Å². The first-order valence-electron chi connectivity index (χ1n) is 7.88. The van der Waals surface area contributed by atoms with Gasteiger partial charge in [-0.2, -0.15) is 0 Å². The van der Waals surface area contributed by atoms with Crippen molar-refractivity contribution in [1.29, 1.82) is 0 Å². The van der Waals surface area contributed by atoms with E-state index in [0.717, 1.165) is 11.1 Å². The Morgan fingerprint density at radius 3 is 2.21 bits per heavy atom. The zero-order valence-electron chi connectivity index (χ0n) is 14.4. The topological polar surface area (TPSA) is 59.5 Å². The summed E-state index contributed by atoms with van der Waals surface area (Å²) < 4.78 is 5.43. The van der Waals surface area contributed by atoms with Crippen molar-refractivity contribution >= 4 is 11.9 Å². The average molecular weight is 326 g/mol. The van der Waals surface area contributed by atoms with Gasteiger partial charge in [0.05, 0.1) is 0 Å². The van der Waals surface area contributed by atoms with E-state index in [-0.39, 0.29) is 5.91 Å². The zero-order valence-corrected chi connectivity index (χ0v) is 14.4. The summed E-state index contributed by atoms with van der Waals surface area (Å²) in [5, 5.41) is 0. The van der Waals surface area contributed by atoms with Crippen LogP contribution in [0.25, 0.3) is 0 Å². The number of esters is 1. The molecule has 0 aliphatic carbocycles. The summed E-state index contributed by atoms with van der Waals surface area (Å²) in [4.78, 5) is 30.1. The molecule has 1 heterocycles. The predicted molar refractivity (Wildman–Crippen MR) is 91.4 cm³/mol. The number of ether oxygens (including phenoxy) is 1. The maximum Gasteiger partial charge on any atom is 0.304 e. The van der Waals surface area contributed by atoms with Crippen molar-refractivity contribution in [2.24, 2.45) is 0 Å². The van der Waals surface area contributed by atoms with Crippen LogP contribution in [0.1, 0.15) is 47.1 Å². The van der Waals surface area contributed by atoms with Gasteiger partial charge in [0.2, 0.25) is 6.23 Å². The minimum absolute atomic E-state index is 0.174. The second kappa shape index (κ2) is 7.73. The fourth-order valence-electron chi connectivity index (χ4n) is 2.68. The van der Waals surface area contributed by atoms with Gasteiger partial charge in [0.15, 0.2) is 0 Å². The van der Waals surface area contributed by atoms with Crippen molar-refractivity contribution < 1.29 is 14.3 Å². The first kappa shape index (κ1) is 17.7. The number of benzene rings is 1. The van der Waals surface area contributed by atoms with Gasteiger partial charge < -0.3 is 4.74 Å². The molecule has 0 fully saturated rings. The molecule has 126 valence electrons. The minimum atomic E-state index is -0.774. The Balaban J connectivity index is 2.41. The van der Waals surface area contributed by atoms with Gasteiger partial charge in [0.25, 0.3) is 5.91 Å². The Morgan fingerprint density at radius 1 is 1.12 bits per heavy atom. The molecule has 0 aliphatic heterocycles. The molecule has 1 aromatic carbocycles. The first-order chi connectivity index (χ1) is 11.4. The molecule has 2 rings (SSSR count). The third-order valence-corrected chi connectivity index (χ3v) is 3.62. The summed E-state index contributed by atoms with van der Waals surface area (Å²) in [6.07, 6.45) is 2.45. The highest BCUT2D eigenvalue weighted by Crippen LogP contribution is 2.24. The van der Waals surface area contributed by atoms with E-state index in [2.05, 4.69) is 4.98 Å². The van der Waals surface area contributed by atoms with Crippen LogP contribution >= 0.6 is 0 Å². The molecule has 0 bridgehead atoms. The lowest BCUT2D eigenvalue weighted by atomic mass is 10.1. The van der Waals surface area contributed by atoms with Crippen LogP contribution < -0.4 is 0 Å². The second-order valence-corrected chi connectivity index (χ2v) is 5.71. The molecule has 5 heteroatoms. The van der Waals surface area contributed by atoms with E-state index in [4.69, 9.17) is 4.74 Å².